The van der Waals surface area contributed by atoms with Gasteiger partial charge in [-0.15, -0.1) is 0 Å². The average molecular weight is 389 g/mol. The van der Waals surface area contributed by atoms with E-state index in [1.165, 1.54) is 23.5 Å². The maximum atomic E-state index is 13.7. The normalized spacial score (nSPS) is 32.6. The lowest BCUT2D eigenvalue weighted by molar-refractivity contribution is -0.938. The minimum Gasteiger partial charge on any atom is -0.445 e. The van der Waals surface area contributed by atoms with E-state index >= 15 is 0 Å². The number of halogens is 1. The van der Waals surface area contributed by atoms with Crippen molar-refractivity contribution >= 4 is 23.1 Å². The molecular formula is C20H22FN2O3S+. The van der Waals surface area contributed by atoms with E-state index in [0.717, 1.165) is 22.9 Å². The molecule has 2 aromatic rings. The first-order chi connectivity index (χ1) is 12.9. The Labute approximate surface area is 161 Å². The summed E-state index contributed by atoms with van der Waals surface area (Å²) in [6.07, 6.45) is 1.70. The van der Waals surface area contributed by atoms with Crippen LogP contribution in [0, 0.1) is 5.82 Å². The molecule has 142 valence electrons. The van der Waals surface area contributed by atoms with Crippen molar-refractivity contribution in [2.75, 3.05) is 19.4 Å². The van der Waals surface area contributed by atoms with E-state index < -0.39 is 6.09 Å². The molecule has 4 heterocycles. The van der Waals surface area contributed by atoms with Crippen molar-refractivity contribution in [3.63, 3.8) is 0 Å². The standard InChI is InChI=1S/C20H21FN2O3S/c1-23(2)16-8-13(9-17(23)19-18(16)26-19)25-20(24)22-15-4-3-12(21)7-14(15)11-5-6-27-10-11/h3-7,10,13,16-19H,8-9H2,1-2H3/p+1/t13?,16-,17+,18-,19+. The lowest BCUT2D eigenvalue weighted by Crippen LogP contribution is -2.60. The quantitative estimate of drug-likeness (QED) is 0.641. The number of amides is 1. The number of epoxide rings is 1. The van der Waals surface area contributed by atoms with Gasteiger partial charge in [0.1, 0.15) is 36.2 Å². The van der Waals surface area contributed by atoms with Gasteiger partial charge in [-0.3, -0.25) is 5.32 Å². The number of thiophene rings is 1. The maximum Gasteiger partial charge on any atom is 0.411 e. The van der Waals surface area contributed by atoms with Crippen molar-refractivity contribution in [2.24, 2.45) is 0 Å². The minimum absolute atomic E-state index is 0.104. The van der Waals surface area contributed by atoms with E-state index in [2.05, 4.69) is 19.4 Å². The molecule has 0 aliphatic carbocycles. The number of hydrogen-bond donors (Lipinski definition) is 1. The fraction of sp³-hybridized carbons (Fsp3) is 0.450. The summed E-state index contributed by atoms with van der Waals surface area (Å²) >= 11 is 1.53. The minimum atomic E-state index is -0.482. The van der Waals surface area contributed by atoms with Crippen LogP contribution in [0.1, 0.15) is 12.8 Å². The number of likely N-dealkylation sites (N-methyl/N-ethyl adjacent to an activating group) is 1. The molecule has 0 saturated carbocycles. The Morgan fingerprint density at radius 3 is 2.67 bits per heavy atom. The Balaban J connectivity index is 1.29. The number of anilines is 1. The van der Waals surface area contributed by atoms with Crippen LogP contribution in [0.25, 0.3) is 11.1 Å². The maximum absolute atomic E-state index is 13.7. The first-order valence-electron chi connectivity index (χ1n) is 9.22. The predicted molar refractivity (Wildman–Crippen MR) is 101 cm³/mol. The van der Waals surface area contributed by atoms with Crippen LogP contribution in [0.4, 0.5) is 14.9 Å². The van der Waals surface area contributed by atoms with Gasteiger partial charge in [-0.05, 0) is 40.6 Å². The first kappa shape index (κ1) is 17.2. The Hall–Kier alpha value is -1.96. The monoisotopic (exact) mass is 389 g/mol. The van der Waals surface area contributed by atoms with E-state index in [1.807, 2.05) is 16.8 Å². The van der Waals surface area contributed by atoms with Gasteiger partial charge in [0.25, 0.3) is 0 Å². The number of ether oxygens (including phenoxy) is 2. The molecule has 1 aromatic heterocycles. The van der Waals surface area contributed by atoms with E-state index in [0.29, 0.717) is 35.5 Å². The second-order valence-electron chi connectivity index (χ2n) is 8.15. The number of nitrogens with zero attached hydrogens (tertiary/aromatic N) is 1. The summed E-state index contributed by atoms with van der Waals surface area (Å²) in [6, 6.07) is 7.04. The van der Waals surface area contributed by atoms with E-state index in [-0.39, 0.29) is 11.9 Å². The fourth-order valence-electron chi connectivity index (χ4n) is 4.87. The molecule has 3 aliphatic rings. The molecule has 1 unspecified atom stereocenters. The smallest absolute Gasteiger partial charge is 0.411 e. The Bertz CT molecular complexity index is 865. The van der Waals surface area contributed by atoms with E-state index in [9.17, 15) is 9.18 Å². The topological polar surface area (TPSA) is 50.9 Å². The SMILES string of the molecule is C[N+]1(C)[C@@H]2CC(OC(=O)Nc3ccc(F)cc3-c3ccsc3)C[C@H]1[C@@H]1O[C@@H]12. The molecule has 0 radical (unpaired) electrons. The molecule has 3 saturated heterocycles. The lowest BCUT2D eigenvalue weighted by Gasteiger charge is -2.45. The highest BCUT2D eigenvalue weighted by Crippen LogP contribution is 2.51. The average Bonchev–Trinajstić information content (AvgIpc) is 3.17. The molecule has 3 aliphatic heterocycles. The first-order valence-corrected chi connectivity index (χ1v) is 10.2. The van der Waals surface area contributed by atoms with Gasteiger partial charge in [0.15, 0.2) is 0 Å². The van der Waals surface area contributed by atoms with Crippen LogP contribution in [-0.4, -0.2) is 55.1 Å². The second kappa shape index (κ2) is 6.02. The van der Waals surface area contributed by atoms with E-state index in [4.69, 9.17) is 9.47 Å². The number of piperidine rings is 1. The van der Waals surface area contributed by atoms with Crippen LogP contribution in [0.5, 0.6) is 0 Å². The van der Waals surface area contributed by atoms with Gasteiger partial charge in [0, 0.05) is 18.4 Å². The molecular weight excluding hydrogens is 367 g/mol. The molecule has 0 spiro atoms. The third-order valence-electron chi connectivity index (χ3n) is 6.36. The highest BCUT2D eigenvalue weighted by molar-refractivity contribution is 7.08. The highest BCUT2D eigenvalue weighted by atomic mass is 32.1. The molecule has 5 rings (SSSR count). The number of quaternary nitrogens is 1. The Morgan fingerprint density at radius 2 is 2.00 bits per heavy atom. The summed E-state index contributed by atoms with van der Waals surface area (Å²) in [7, 11) is 4.49. The molecule has 1 amide bonds. The number of nitrogens with one attached hydrogen (secondary N) is 1. The largest absolute Gasteiger partial charge is 0.445 e. The molecule has 3 fully saturated rings. The van der Waals surface area contributed by atoms with Crippen LogP contribution < -0.4 is 5.32 Å². The summed E-state index contributed by atoms with van der Waals surface area (Å²) in [6.45, 7) is 0. The summed E-state index contributed by atoms with van der Waals surface area (Å²) in [5.41, 5.74) is 2.09. The summed E-state index contributed by atoms with van der Waals surface area (Å²) < 4.78 is 26.2. The predicted octanol–water partition coefficient (Wildman–Crippen LogP) is 3.86. The summed E-state index contributed by atoms with van der Waals surface area (Å²) in [5.74, 6) is -0.335. The zero-order chi connectivity index (χ0) is 18.8. The molecule has 1 N–H and O–H groups in total. The van der Waals surface area contributed by atoms with Crippen LogP contribution in [0.15, 0.2) is 35.0 Å². The van der Waals surface area contributed by atoms with Gasteiger partial charge in [0.2, 0.25) is 0 Å². The van der Waals surface area contributed by atoms with Gasteiger partial charge in [-0.25, -0.2) is 9.18 Å². The third-order valence-corrected chi connectivity index (χ3v) is 7.05. The lowest BCUT2D eigenvalue weighted by atomic mass is 9.96. The highest BCUT2D eigenvalue weighted by Gasteiger charge is 2.70. The van der Waals surface area contributed by atoms with Crippen molar-refractivity contribution in [3.8, 4) is 11.1 Å². The number of benzene rings is 1. The van der Waals surface area contributed by atoms with E-state index in [1.54, 1.807) is 6.07 Å². The Morgan fingerprint density at radius 1 is 1.26 bits per heavy atom. The van der Waals surface area contributed by atoms with Gasteiger partial charge in [-0.1, -0.05) is 0 Å². The van der Waals surface area contributed by atoms with Crippen molar-refractivity contribution in [3.05, 3.63) is 40.8 Å². The number of carbonyl (C=O) groups excluding carboxylic acids is 1. The van der Waals surface area contributed by atoms with Crippen molar-refractivity contribution in [2.45, 2.75) is 43.2 Å². The van der Waals surface area contributed by atoms with Gasteiger partial charge >= 0.3 is 6.09 Å². The van der Waals surface area contributed by atoms with Gasteiger partial charge in [0.05, 0.1) is 19.8 Å². The van der Waals surface area contributed by atoms with Gasteiger partial charge < -0.3 is 14.0 Å². The molecule has 7 heteroatoms. The number of carbonyl (C=O) groups is 1. The Kier molecular flexibility index (Phi) is 3.83. The van der Waals surface area contributed by atoms with Crippen LogP contribution >= 0.6 is 11.3 Å². The molecule has 1 aromatic carbocycles. The van der Waals surface area contributed by atoms with Crippen LogP contribution in [0.2, 0.25) is 0 Å². The molecule has 2 bridgehead atoms. The van der Waals surface area contributed by atoms with Crippen molar-refractivity contribution < 1.29 is 23.1 Å². The number of morpholine rings is 1. The van der Waals surface area contributed by atoms with Gasteiger partial charge in [-0.2, -0.15) is 11.3 Å². The summed E-state index contributed by atoms with van der Waals surface area (Å²) in [5, 5.41) is 6.66. The van der Waals surface area contributed by atoms with Crippen molar-refractivity contribution in [1.82, 2.24) is 0 Å². The zero-order valence-corrected chi connectivity index (χ0v) is 16.0. The summed E-state index contributed by atoms with van der Waals surface area (Å²) in [4.78, 5) is 12.5. The van der Waals surface area contributed by atoms with Crippen LogP contribution in [0.3, 0.4) is 0 Å². The fourth-order valence-corrected chi connectivity index (χ4v) is 5.53. The zero-order valence-electron chi connectivity index (χ0n) is 15.2. The van der Waals surface area contributed by atoms with Crippen LogP contribution in [-0.2, 0) is 9.47 Å². The molecule has 5 nitrogen and oxygen atoms in total. The second-order valence-corrected chi connectivity index (χ2v) is 8.93. The molecule has 27 heavy (non-hydrogen) atoms. The molecule has 5 atom stereocenters. The number of fused-ring (bicyclic) bond motifs is 5. The number of hydrogen-bond acceptors (Lipinski definition) is 4. The number of rotatable bonds is 3. The van der Waals surface area contributed by atoms with Crippen molar-refractivity contribution in [1.29, 1.82) is 0 Å². The third kappa shape index (κ3) is 2.85.